The molecule has 5 aromatic carbocycles. The van der Waals surface area contributed by atoms with E-state index in [9.17, 15) is 28.8 Å². The van der Waals surface area contributed by atoms with Gasteiger partial charge in [-0.3, -0.25) is 28.8 Å². The zero-order chi connectivity index (χ0) is 50.4. The Labute approximate surface area is 422 Å². The highest BCUT2D eigenvalue weighted by Crippen LogP contribution is 2.32. The van der Waals surface area contributed by atoms with Gasteiger partial charge in [0.25, 0.3) is 23.6 Å². The van der Waals surface area contributed by atoms with Crippen LogP contribution in [0.15, 0.2) is 111 Å². The number of ketones is 2. The number of alkyl halides is 3. The second-order valence-corrected chi connectivity index (χ2v) is 17.4. The quantitative estimate of drug-likeness (QED) is 0.0314. The van der Waals surface area contributed by atoms with Crippen LogP contribution in [0.25, 0.3) is 0 Å². The third-order valence-electron chi connectivity index (χ3n) is 10.00. The molecule has 360 valence electrons. The Hall–Kier alpha value is -6.43. The molecule has 0 aliphatic heterocycles. The van der Waals surface area contributed by atoms with E-state index in [1.54, 1.807) is 43.3 Å². The Bertz CT molecular complexity index is 2820. The first-order valence-electron chi connectivity index (χ1n) is 20.8. The van der Waals surface area contributed by atoms with E-state index in [1.165, 1.54) is 68.8 Å². The summed E-state index contributed by atoms with van der Waals surface area (Å²) in [5.41, 5.74) is 3.62. The number of halogens is 5. The van der Waals surface area contributed by atoms with Gasteiger partial charge in [-0.15, -0.1) is 34.8 Å². The number of aryl methyl sites for hydroxylation is 2. The number of carbonyl (C=O) groups is 6. The minimum atomic E-state index is -1.64. The van der Waals surface area contributed by atoms with E-state index in [4.69, 9.17) is 67.5 Å². The molecule has 3 unspecified atom stereocenters. The number of ether oxygens (including phenoxy) is 2. The first kappa shape index (κ1) is 53.5. The molecular weight excluding hydrogens is 994 g/mol. The van der Waals surface area contributed by atoms with E-state index in [2.05, 4.69) is 41.7 Å². The first-order chi connectivity index (χ1) is 32.9. The van der Waals surface area contributed by atoms with Crippen LogP contribution in [-0.4, -0.2) is 73.3 Å². The molecule has 16 nitrogen and oxygen atoms in total. The van der Waals surface area contributed by atoms with E-state index >= 15 is 0 Å². The summed E-state index contributed by atoms with van der Waals surface area (Å²) in [6, 6.07) is 19.9. The number of carbonyl (C=O) groups excluding carboxylic acids is 6. The van der Waals surface area contributed by atoms with Gasteiger partial charge in [0.1, 0.15) is 11.5 Å². The number of benzene rings is 5. The molecule has 0 radical (unpaired) electrons. The topological polar surface area (TPSA) is 218 Å². The Morgan fingerprint density at radius 3 is 1.42 bits per heavy atom. The number of nitrogens with zero attached hydrogens (tertiary/aromatic N) is 4. The molecule has 0 bridgehead atoms. The maximum absolute atomic E-state index is 13.6. The highest BCUT2D eigenvalue weighted by atomic mass is 35.5. The summed E-state index contributed by atoms with van der Waals surface area (Å²) in [4.78, 5) is 79.2. The number of azo groups is 2. The maximum atomic E-state index is 13.6. The van der Waals surface area contributed by atoms with Crippen molar-refractivity contribution in [2.45, 2.75) is 51.1 Å². The van der Waals surface area contributed by atoms with Crippen LogP contribution in [0.3, 0.4) is 0 Å². The molecule has 0 saturated heterocycles. The van der Waals surface area contributed by atoms with Gasteiger partial charge >= 0.3 is 0 Å². The van der Waals surface area contributed by atoms with Gasteiger partial charge in [0, 0.05) is 67.8 Å². The second kappa shape index (κ2) is 25.3. The number of hydrogen-bond donors (Lipinski definition) is 4. The van der Waals surface area contributed by atoms with Gasteiger partial charge in [0.2, 0.25) is 12.1 Å². The molecule has 0 spiro atoms. The molecule has 21 heteroatoms. The van der Waals surface area contributed by atoms with Gasteiger partial charge in [-0.2, -0.15) is 20.5 Å². The normalized spacial score (nSPS) is 12.5. The van der Waals surface area contributed by atoms with Crippen LogP contribution in [-0.2, 0) is 32.0 Å². The molecular formula is C48H45Cl5N8O8. The van der Waals surface area contributed by atoms with Crippen molar-refractivity contribution in [2.24, 2.45) is 20.5 Å². The molecule has 0 aliphatic rings. The number of Topliss-reactive ketones (excluding diaryl/α,β-unsaturated/α-hetero) is 2. The highest BCUT2D eigenvalue weighted by molar-refractivity contribution is 6.32. The SMILES string of the molecule is COc1ccc(CCCl)c(NC(=O)c2cc(Cl)cc(N=NC(C(C)=O)C(=O)Nc3ccc(NC(=O)C(N=Nc4cc(Cl)cc(C(=O)Nc5cc(OC)ccc5CCCl)c4)C(C)=O)c(C(C)Cl)c3)c2)c1. The zero-order valence-electron chi connectivity index (χ0n) is 37.7. The molecule has 3 atom stereocenters. The molecule has 4 N–H and O–H groups in total. The predicted octanol–water partition coefficient (Wildman–Crippen LogP) is 11.7. The van der Waals surface area contributed by atoms with Crippen molar-refractivity contribution in [1.82, 2.24) is 0 Å². The third kappa shape index (κ3) is 15.0. The Morgan fingerprint density at radius 2 is 1.01 bits per heavy atom. The van der Waals surface area contributed by atoms with E-state index in [-0.39, 0.29) is 43.9 Å². The number of anilines is 4. The van der Waals surface area contributed by atoms with E-state index in [0.717, 1.165) is 25.0 Å². The van der Waals surface area contributed by atoms with Gasteiger partial charge in [0.05, 0.1) is 31.0 Å². The summed E-state index contributed by atoms with van der Waals surface area (Å²) in [6.45, 7) is 3.93. The summed E-state index contributed by atoms with van der Waals surface area (Å²) in [5, 5.41) is 26.6. The monoisotopic (exact) mass is 1040 g/mol. The maximum Gasteiger partial charge on any atom is 0.258 e. The molecule has 69 heavy (non-hydrogen) atoms. The van der Waals surface area contributed by atoms with Crippen LogP contribution in [0.1, 0.15) is 63.6 Å². The Morgan fingerprint density at radius 1 is 0.565 bits per heavy atom. The molecule has 5 rings (SSSR count). The van der Waals surface area contributed by atoms with Crippen molar-refractivity contribution >= 4 is 127 Å². The molecule has 4 amide bonds. The summed E-state index contributed by atoms with van der Waals surface area (Å²) in [6.07, 6.45) is 0.965. The lowest BCUT2D eigenvalue weighted by atomic mass is 10.1. The average molecular weight is 1040 g/mol. The molecule has 0 saturated carbocycles. The number of methoxy groups -OCH3 is 2. The number of amides is 4. The lowest BCUT2D eigenvalue weighted by Crippen LogP contribution is -2.32. The standard InChI is InChI=1S/C48H45Cl5N8O8/c1-25(51)39-22-34(54-47(66)43(26(2)62)60-58-35-18-30(16-32(52)20-35)45(64)56-41-23-37(68-4)9-6-28(41)12-14-49)8-11-40(39)55-48(67)44(27(3)63)61-59-36-19-31(17-33(53)21-36)46(65)57-42-24-38(69-5)10-7-29(42)13-15-50/h6-11,16-25,43-44H,12-15H2,1-5H3,(H,54,66)(H,55,67)(H,56,64)(H,57,65). The van der Waals surface area contributed by atoms with E-state index in [1.807, 2.05) is 0 Å². The van der Waals surface area contributed by atoms with Gasteiger partial charge in [-0.25, -0.2) is 0 Å². The zero-order valence-corrected chi connectivity index (χ0v) is 41.4. The fourth-order valence-electron chi connectivity index (χ4n) is 6.53. The minimum absolute atomic E-state index is 0.0827. The Balaban J connectivity index is 1.29. The summed E-state index contributed by atoms with van der Waals surface area (Å²) in [7, 11) is 3.00. The smallest absolute Gasteiger partial charge is 0.258 e. The molecule has 5 aromatic rings. The van der Waals surface area contributed by atoms with Crippen LogP contribution >= 0.6 is 58.0 Å². The number of hydrogen-bond acceptors (Lipinski definition) is 12. The van der Waals surface area contributed by atoms with Crippen molar-refractivity contribution in [1.29, 1.82) is 0 Å². The van der Waals surface area contributed by atoms with Crippen molar-refractivity contribution in [2.75, 3.05) is 47.2 Å². The van der Waals surface area contributed by atoms with Crippen molar-refractivity contribution in [3.05, 3.63) is 129 Å². The van der Waals surface area contributed by atoms with Crippen LogP contribution in [0.5, 0.6) is 11.5 Å². The Kier molecular flexibility index (Phi) is 19.6. The largest absolute Gasteiger partial charge is 0.497 e. The summed E-state index contributed by atoms with van der Waals surface area (Å²) < 4.78 is 10.6. The van der Waals surface area contributed by atoms with Crippen LogP contribution in [0.2, 0.25) is 10.0 Å². The molecule has 0 aromatic heterocycles. The minimum Gasteiger partial charge on any atom is -0.497 e. The molecule has 0 heterocycles. The second-order valence-electron chi connectivity index (χ2n) is 15.1. The average Bonchev–Trinajstić information content (AvgIpc) is 3.30. The van der Waals surface area contributed by atoms with Crippen molar-refractivity contribution in [3.8, 4) is 11.5 Å². The van der Waals surface area contributed by atoms with E-state index in [0.29, 0.717) is 53.0 Å². The molecule has 0 aliphatic carbocycles. The lowest BCUT2D eigenvalue weighted by Gasteiger charge is -2.17. The van der Waals surface area contributed by atoms with Crippen LogP contribution in [0, 0.1) is 0 Å². The van der Waals surface area contributed by atoms with Crippen LogP contribution in [0.4, 0.5) is 34.1 Å². The summed E-state index contributed by atoms with van der Waals surface area (Å²) in [5.74, 6) is -2.39. The van der Waals surface area contributed by atoms with Gasteiger partial charge < -0.3 is 30.7 Å². The predicted molar refractivity (Wildman–Crippen MR) is 270 cm³/mol. The van der Waals surface area contributed by atoms with Crippen molar-refractivity contribution in [3.63, 3.8) is 0 Å². The van der Waals surface area contributed by atoms with Crippen molar-refractivity contribution < 1.29 is 38.2 Å². The van der Waals surface area contributed by atoms with Gasteiger partial charge in [-0.1, -0.05) is 35.3 Å². The first-order valence-corrected chi connectivity index (χ1v) is 23.1. The number of nitrogens with one attached hydrogen (secondary N) is 4. The fraction of sp³-hybridized carbons (Fsp3) is 0.250. The highest BCUT2D eigenvalue weighted by Gasteiger charge is 2.27. The third-order valence-corrected chi connectivity index (χ3v) is 11.0. The van der Waals surface area contributed by atoms with Gasteiger partial charge in [-0.05, 0) is 117 Å². The van der Waals surface area contributed by atoms with Crippen LogP contribution < -0.4 is 30.7 Å². The lowest BCUT2D eigenvalue weighted by molar-refractivity contribution is -0.127. The van der Waals surface area contributed by atoms with E-state index < -0.39 is 52.7 Å². The fourth-order valence-corrected chi connectivity index (χ4v) is 7.58. The molecule has 0 fully saturated rings. The number of rotatable bonds is 21. The van der Waals surface area contributed by atoms with Gasteiger partial charge in [0.15, 0.2) is 11.6 Å². The summed E-state index contributed by atoms with van der Waals surface area (Å²) >= 11 is 31.1.